The van der Waals surface area contributed by atoms with Crippen molar-refractivity contribution in [1.29, 1.82) is 0 Å². The summed E-state index contributed by atoms with van der Waals surface area (Å²) in [5.74, 6) is -0.597. The number of hydrogen-bond acceptors (Lipinski definition) is 5. The maximum Gasteiger partial charge on any atom is 0.249 e. The summed E-state index contributed by atoms with van der Waals surface area (Å²) in [6.45, 7) is 3.99. The Hall–Kier alpha value is -0.950. The molecule has 0 aliphatic heterocycles. The molecule has 5 N–H and O–H groups in total. The van der Waals surface area contributed by atoms with Gasteiger partial charge >= 0.3 is 0 Å². The summed E-state index contributed by atoms with van der Waals surface area (Å²) in [6.07, 6.45) is 36.9. The van der Waals surface area contributed by atoms with Gasteiger partial charge in [-0.1, -0.05) is 180 Å². The fourth-order valence-electron chi connectivity index (χ4n) is 6.23. The van der Waals surface area contributed by atoms with E-state index in [1.807, 2.05) is 0 Å². The van der Waals surface area contributed by atoms with Gasteiger partial charge in [-0.05, 0) is 38.5 Å². The Morgan fingerprint density at radius 1 is 0.522 bits per heavy atom. The van der Waals surface area contributed by atoms with Crippen LogP contribution < -0.4 is 5.32 Å². The molecule has 0 aliphatic rings. The average Bonchev–Trinajstić information content (AvgIpc) is 3.06. The molecule has 0 bridgehead atoms. The van der Waals surface area contributed by atoms with Crippen molar-refractivity contribution >= 4 is 5.91 Å². The van der Waals surface area contributed by atoms with E-state index in [-0.39, 0.29) is 0 Å². The molecule has 0 aromatic heterocycles. The molecule has 0 aliphatic carbocycles. The van der Waals surface area contributed by atoms with Crippen molar-refractivity contribution in [3.63, 3.8) is 0 Å². The molecule has 0 saturated carbocycles. The lowest BCUT2D eigenvalue weighted by Crippen LogP contribution is -2.53. The minimum atomic E-state index is -1.27. The van der Waals surface area contributed by atoms with Crippen molar-refractivity contribution in [3.8, 4) is 0 Å². The summed E-state index contributed by atoms with van der Waals surface area (Å²) in [5, 5.41) is 43.3. The van der Waals surface area contributed by atoms with Crippen LogP contribution in [0.15, 0.2) is 12.2 Å². The fourth-order valence-corrected chi connectivity index (χ4v) is 6.23. The molecule has 0 fully saturated rings. The van der Waals surface area contributed by atoms with E-state index in [1.54, 1.807) is 0 Å². The summed E-state index contributed by atoms with van der Waals surface area (Å²) < 4.78 is 0. The van der Waals surface area contributed by atoms with Gasteiger partial charge in [0.15, 0.2) is 0 Å². The number of carbonyl (C=O) groups excluding carboxylic acids is 1. The van der Waals surface area contributed by atoms with Crippen molar-refractivity contribution in [2.24, 2.45) is 0 Å². The Kier molecular flexibility index (Phi) is 34.6. The van der Waals surface area contributed by atoms with E-state index in [1.165, 1.54) is 141 Å². The highest BCUT2D eigenvalue weighted by Crippen LogP contribution is 2.16. The van der Waals surface area contributed by atoms with Crippen LogP contribution in [0.25, 0.3) is 0 Å². The number of carbonyl (C=O) groups is 1. The summed E-state index contributed by atoms with van der Waals surface area (Å²) in [6, 6.07) is -0.994. The zero-order valence-corrected chi connectivity index (χ0v) is 30.6. The number of rotatable bonds is 36. The first-order chi connectivity index (χ1) is 22.5. The van der Waals surface area contributed by atoms with Gasteiger partial charge in [0.2, 0.25) is 5.91 Å². The molecule has 0 radical (unpaired) electrons. The standard InChI is InChI=1S/C40H79NO5/c1-3-5-7-9-11-13-14-15-16-17-18-19-20-21-22-23-24-25-26-28-29-31-33-37(43)39(45)36(35-42)41-40(46)38(44)34-32-30-27-12-10-8-6-4-2/h26,28,36-39,42-45H,3-25,27,29-35H2,1-2H3,(H,41,46)/b28-26+. The van der Waals surface area contributed by atoms with Crippen LogP contribution in [-0.4, -0.2) is 57.3 Å². The minimum Gasteiger partial charge on any atom is -0.394 e. The lowest BCUT2D eigenvalue weighted by Gasteiger charge is -2.27. The van der Waals surface area contributed by atoms with E-state index in [4.69, 9.17) is 0 Å². The van der Waals surface area contributed by atoms with Crippen LogP contribution in [0.4, 0.5) is 0 Å². The molecular formula is C40H79NO5. The van der Waals surface area contributed by atoms with Gasteiger partial charge in [-0.3, -0.25) is 4.79 Å². The molecular weight excluding hydrogens is 574 g/mol. The highest BCUT2D eigenvalue weighted by atomic mass is 16.3. The van der Waals surface area contributed by atoms with E-state index < -0.39 is 36.9 Å². The van der Waals surface area contributed by atoms with Gasteiger partial charge in [0.1, 0.15) is 12.2 Å². The minimum absolute atomic E-state index is 0.364. The van der Waals surface area contributed by atoms with E-state index in [2.05, 4.69) is 31.3 Å². The molecule has 1 amide bonds. The topological polar surface area (TPSA) is 110 Å². The first-order valence-electron chi connectivity index (χ1n) is 20.1. The highest BCUT2D eigenvalue weighted by molar-refractivity contribution is 5.80. The van der Waals surface area contributed by atoms with Gasteiger partial charge < -0.3 is 25.7 Å². The van der Waals surface area contributed by atoms with Crippen LogP contribution in [0.5, 0.6) is 0 Å². The number of amides is 1. The predicted molar refractivity (Wildman–Crippen MR) is 196 cm³/mol. The summed E-state index contributed by atoms with van der Waals surface area (Å²) in [4.78, 5) is 12.4. The zero-order valence-electron chi connectivity index (χ0n) is 30.6. The Balaban J connectivity index is 3.71. The molecule has 0 aromatic rings. The lowest BCUT2D eigenvalue weighted by atomic mass is 10.00. The van der Waals surface area contributed by atoms with Gasteiger partial charge in [0, 0.05) is 0 Å². The number of hydrogen-bond donors (Lipinski definition) is 5. The predicted octanol–water partition coefficient (Wildman–Crippen LogP) is 9.85. The van der Waals surface area contributed by atoms with Crippen molar-refractivity contribution < 1.29 is 25.2 Å². The molecule has 0 saturated heterocycles. The van der Waals surface area contributed by atoms with E-state index in [9.17, 15) is 25.2 Å². The largest absolute Gasteiger partial charge is 0.394 e. The van der Waals surface area contributed by atoms with Gasteiger partial charge in [-0.15, -0.1) is 0 Å². The van der Waals surface area contributed by atoms with E-state index in [0.29, 0.717) is 12.8 Å². The van der Waals surface area contributed by atoms with Gasteiger partial charge in [0.05, 0.1) is 18.8 Å². The van der Waals surface area contributed by atoms with Crippen LogP contribution >= 0.6 is 0 Å². The number of aliphatic hydroxyl groups is 4. The van der Waals surface area contributed by atoms with Crippen molar-refractivity contribution in [2.75, 3.05) is 6.61 Å². The third-order valence-electron chi connectivity index (χ3n) is 9.48. The Bertz CT molecular complexity index is 658. The highest BCUT2D eigenvalue weighted by Gasteiger charge is 2.28. The number of allylic oxidation sites excluding steroid dienone is 2. The van der Waals surface area contributed by atoms with Crippen LogP contribution in [0.1, 0.15) is 206 Å². The normalized spacial score (nSPS) is 14.5. The Morgan fingerprint density at radius 2 is 0.891 bits per heavy atom. The van der Waals surface area contributed by atoms with Crippen LogP contribution in [0.3, 0.4) is 0 Å². The molecule has 0 spiro atoms. The summed E-state index contributed by atoms with van der Waals surface area (Å²) >= 11 is 0. The SMILES string of the molecule is CCCCCCCCCCCCCCCCCCC/C=C/CCCC(O)C(O)C(CO)NC(=O)C(O)CCCCCCCCCC. The summed E-state index contributed by atoms with van der Waals surface area (Å²) in [7, 11) is 0. The second kappa shape index (κ2) is 35.4. The van der Waals surface area contributed by atoms with Gasteiger partial charge in [0.25, 0.3) is 0 Å². The Morgan fingerprint density at radius 3 is 1.30 bits per heavy atom. The van der Waals surface area contributed by atoms with Crippen molar-refractivity contribution in [3.05, 3.63) is 12.2 Å². The first kappa shape index (κ1) is 45.0. The van der Waals surface area contributed by atoms with Crippen LogP contribution in [0, 0.1) is 0 Å². The molecule has 0 heterocycles. The van der Waals surface area contributed by atoms with E-state index >= 15 is 0 Å². The molecule has 0 rings (SSSR count). The third kappa shape index (κ3) is 29.2. The fraction of sp³-hybridized carbons (Fsp3) is 0.925. The van der Waals surface area contributed by atoms with E-state index in [0.717, 1.165) is 38.5 Å². The monoisotopic (exact) mass is 654 g/mol. The summed E-state index contributed by atoms with van der Waals surface area (Å²) in [5.41, 5.74) is 0. The van der Waals surface area contributed by atoms with Gasteiger partial charge in [-0.25, -0.2) is 0 Å². The maximum absolute atomic E-state index is 12.4. The Labute approximate surface area is 285 Å². The second-order valence-corrected chi connectivity index (χ2v) is 14.0. The van der Waals surface area contributed by atoms with Gasteiger partial charge in [-0.2, -0.15) is 0 Å². The number of unbranched alkanes of at least 4 members (excludes halogenated alkanes) is 25. The second-order valence-electron chi connectivity index (χ2n) is 14.0. The third-order valence-corrected chi connectivity index (χ3v) is 9.48. The molecule has 6 nitrogen and oxygen atoms in total. The quantitative estimate of drug-likeness (QED) is 0.0342. The maximum atomic E-state index is 12.4. The zero-order chi connectivity index (χ0) is 33.9. The molecule has 0 aromatic carbocycles. The molecule has 4 unspecified atom stereocenters. The molecule has 4 atom stereocenters. The molecule has 6 heteroatoms. The number of aliphatic hydroxyl groups excluding tert-OH is 4. The lowest BCUT2D eigenvalue weighted by molar-refractivity contribution is -0.132. The van der Waals surface area contributed by atoms with Crippen molar-refractivity contribution in [1.82, 2.24) is 5.32 Å². The first-order valence-corrected chi connectivity index (χ1v) is 20.1. The smallest absolute Gasteiger partial charge is 0.249 e. The average molecular weight is 654 g/mol. The number of nitrogens with one attached hydrogen (secondary N) is 1. The van der Waals surface area contributed by atoms with Crippen molar-refractivity contribution in [2.45, 2.75) is 231 Å². The van der Waals surface area contributed by atoms with Crippen LogP contribution in [-0.2, 0) is 4.79 Å². The van der Waals surface area contributed by atoms with Crippen LogP contribution in [0.2, 0.25) is 0 Å². The molecule has 46 heavy (non-hydrogen) atoms. The molecule has 274 valence electrons.